The van der Waals surface area contributed by atoms with E-state index in [9.17, 15) is 14.9 Å². The average molecular weight is 338 g/mol. The lowest BCUT2D eigenvalue weighted by atomic mass is 10.2. The molecule has 2 aromatic rings. The quantitative estimate of drug-likeness (QED) is 0.281. The van der Waals surface area contributed by atoms with E-state index in [-0.39, 0.29) is 17.9 Å². The molecule has 0 atom stereocenters. The zero-order chi connectivity index (χ0) is 16.8. The van der Waals surface area contributed by atoms with E-state index in [1.165, 1.54) is 35.1 Å². The van der Waals surface area contributed by atoms with Gasteiger partial charge < -0.3 is 10.6 Å². The van der Waals surface area contributed by atoms with Gasteiger partial charge in [-0.1, -0.05) is 16.8 Å². The number of hydrogen-bond acceptors (Lipinski definition) is 6. The monoisotopic (exact) mass is 337 g/mol. The van der Waals surface area contributed by atoms with Crippen molar-refractivity contribution in [1.29, 1.82) is 0 Å². The Labute approximate surface area is 135 Å². The Morgan fingerprint density at radius 2 is 2.13 bits per heavy atom. The van der Waals surface area contributed by atoms with E-state index in [0.717, 1.165) is 0 Å². The number of carbonyl (C=O) groups excluding carboxylic acids is 1. The highest BCUT2D eigenvalue weighted by atomic mass is 35.5. The molecule has 0 fully saturated rings. The van der Waals surface area contributed by atoms with Crippen molar-refractivity contribution in [3.63, 3.8) is 0 Å². The second kappa shape index (κ2) is 7.36. The molecule has 1 heterocycles. The topological polar surface area (TPSA) is 126 Å². The van der Waals surface area contributed by atoms with Gasteiger partial charge in [-0.05, 0) is 12.1 Å². The molecule has 0 amide bonds. The van der Waals surface area contributed by atoms with Crippen LogP contribution in [-0.4, -0.2) is 26.5 Å². The maximum Gasteiger partial charge on any atom is 0.336 e. The Morgan fingerprint density at radius 1 is 1.43 bits per heavy atom. The van der Waals surface area contributed by atoms with Crippen LogP contribution in [0.5, 0.6) is 0 Å². The first-order valence-electron chi connectivity index (χ1n) is 6.42. The van der Waals surface area contributed by atoms with E-state index in [1.807, 2.05) is 0 Å². The lowest BCUT2D eigenvalue weighted by Crippen LogP contribution is -2.15. The van der Waals surface area contributed by atoms with Gasteiger partial charge in [0.25, 0.3) is 5.69 Å². The minimum atomic E-state index is -0.596. The number of nitrogens with zero attached hydrogens (tertiary/aromatic N) is 4. The first-order chi connectivity index (χ1) is 11.0. The highest BCUT2D eigenvalue weighted by Gasteiger charge is 2.08. The van der Waals surface area contributed by atoms with Gasteiger partial charge in [-0.15, -0.1) is 0 Å². The number of nitro groups is 1. The second-order valence-corrected chi connectivity index (χ2v) is 4.85. The van der Waals surface area contributed by atoms with Gasteiger partial charge in [0.15, 0.2) is 5.84 Å². The van der Waals surface area contributed by atoms with Crippen molar-refractivity contribution in [2.24, 2.45) is 10.9 Å². The normalized spacial score (nSPS) is 11.3. The van der Waals surface area contributed by atoms with Crippen LogP contribution in [0.3, 0.4) is 0 Å². The van der Waals surface area contributed by atoms with Crippen molar-refractivity contribution < 1.29 is 14.6 Å². The first-order valence-corrected chi connectivity index (χ1v) is 6.79. The van der Waals surface area contributed by atoms with Gasteiger partial charge in [0.1, 0.15) is 0 Å². The van der Waals surface area contributed by atoms with Crippen LogP contribution in [0.4, 0.5) is 5.69 Å². The molecule has 9 nitrogen and oxygen atoms in total. The van der Waals surface area contributed by atoms with Crippen LogP contribution in [0.15, 0.2) is 41.8 Å². The Morgan fingerprint density at radius 3 is 2.70 bits per heavy atom. The summed E-state index contributed by atoms with van der Waals surface area (Å²) in [7, 11) is 0. The standard InChI is InChI=1S/C13H12ClN5O4/c14-10-7-16-18(8-10)6-5-12(20)23-17-13(15)9-1-3-11(4-2-9)19(21)22/h1-4,7-8H,5-6H2,(H2,15,17). The van der Waals surface area contributed by atoms with Crippen LogP contribution in [0.2, 0.25) is 5.02 Å². The van der Waals surface area contributed by atoms with Crippen LogP contribution >= 0.6 is 11.6 Å². The van der Waals surface area contributed by atoms with Crippen molar-refractivity contribution in [2.45, 2.75) is 13.0 Å². The van der Waals surface area contributed by atoms with Gasteiger partial charge in [-0.25, -0.2) is 4.79 Å². The highest BCUT2D eigenvalue weighted by molar-refractivity contribution is 6.30. The molecule has 23 heavy (non-hydrogen) atoms. The number of rotatable bonds is 6. The third-order valence-corrected chi connectivity index (χ3v) is 2.96. The molecule has 0 saturated carbocycles. The van der Waals surface area contributed by atoms with E-state index in [2.05, 4.69) is 15.1 Å². The molecule has 0 spiro atoms. The lowest BCUT2D eigenvalue weighted by molar-refractivity contribution is -0.384. The SMILES string of the molecule is N/C(=N\OC(=O)CCn1cc(Cl)cn1)c1ccc([N+](=O)[O-])cc1. The number of halogens is 1. The zero-order valence-electron chi connectivity index (χ0n) is 11.8. The van der Waals surface area contributed by atoms with Crippen LogP contribution in [0.25, 0.3) is 0 Å². The summed E-state index contributed by atoms with van der Waals surface area (Å²) >= 11 is 5.70. The Bertz CT molecular complexity index is 741. The van der Waals surface area contributed by atoms with E-state index in [0.29, 0.717) is 17.1 Å². The number of non-ortho nitro benzene ring substituents is 1. The maximum absolute atomic E-state index is 11.6. The van der Waals surface area contributed by atoms with E-state index in [1.54, 1.807) is 6.20 Å². The van der Waals surface area contributed by atoms with Crippen LogP contribution < -0.4 is 5.73 Å². The van der Waals surface area contributed by atoms with Gasteiger partial charge in [-0.2, -0.15) is 5.10 Å². The molecule has 0 aliphatic rings. The van der Waals surface area contributed by atoms with Gasteiger partial charge in [-0.3, -0.25) is 14.8 Å². The van der Waals surface area contributed by atoms with Gasteiger partial charge >= 0.3 is 5.97 Å². The smallest absolute Gasteiger partial charge is 0.336 e. The number of aryl methyl sites for hydroxylation is 1. The molecule has 0 aliphatic carbocycles. The number of hydrogen-bond donors (Lipinski definition) is 1. The summed E-state index contributed by atoms with van der Waals surface area (Å²) in [5.41, 5.74) is 5.98. The average Bonchev–Trinajstić information content (AvgIpc) is 2.96. The third kappa shape index (κ3) is 4.78. The fraction of sp³-hybridized carbons (Fsp3) is 0.154. The number of carbonyl (C=O) groups is 1. The number of aromatic nitrogens is 2. The summed E-state index contributed by atoms with van der Waals surface area (Å²) in [5, 5.41) is 18.4. The van der Waals surface area contributed by atoms with Crippen molar-refractivity contribution in [3.8, 4) is 0 Å². The first kappa shape index (κ1) is 16.4. The molecule has 0 aliphatic heterocycles. The highest BCUT2D eigenvalue weighted by Crippen LogP contribution is 2.11. The molecule has 2 rings (SSSR count). The molecule has 0 saturated heterocycles. The van der Waals surface area contributed by atoms with Crippen molar-refractivity contribution in [2.75, 3.05) is 0 Å². The van der Waals surface area contributed by atoms with Gasteiger partial charge in [0.2, 0.25) is 0 Å². The summed E-state index contributed by atoms with van der Waals surface area (Å²) in [5.74, 6) is -0.656. The summed E-state index contributed by atoms with van der Waals surface area (Å²) in [6.07, 6.45) is 3.07. The third-order valence-electron chi connectivity index (χ3n) is 2.77. The molecule has 0 unspecified atom stereocenters. The molecule has 1 aromatic heterocycles. The molecule has 120 valence electrons. The van der Waals surface area contributed by atoms with E-state index >= 15 is 0 Å². The Balaban J connectivity index is 1.88. The largest absolute Gasteiger partial charge is 0.380 e. The molecular formula is C13H12ClN5O4. The number of nitrogens with two attached hydrogens (primary N) is 1. The number of amidine groups is 1. The molecule has 0 bridgehead atoms. The van der Waals surface area contributed by atoms with Crippen LogP contribution in [-0.2, 0) is 16.2 Å². The van der Waals surface area contributed by atoms with Crippen LogP contribution in [0.1, 0.15) is 12.0 Å². The fourth-order valence-electron chi connectivity index (χ4n) is 1.62. The minimum absolute atomic E-state index is 0.0368. The number of nitro benzene ring substituents is 1. The molecule has 0 radical (unpaired) electrons. The Kier molecular flexibility index (Phi) is 5.26. The summed E-state index contributed by atoms with van der Waals surface area (Å²) < 4.78 is 1.49. The predicted octanol–water partition coefficient (Wildman–Crippen LogP) is 1.70. The predicted molar refractivity (Wildman–Crippen MR) is 81.8 cm³/mol. The molecule has 1 aromatic carbocycles. The molecular weight excluding hydrogens is 326 g/mol. The number of oxime groups is 1. The minimum Gasteiger partial charge on any atom is -0.380 e. The van der Waals surface area contributed by atoms with E-state index in [4.69, 9.17) is 17.3 Å². The Hall–Kier alpha value is -2.94. The number of benzene rings is 1. The summed E-state index contributed by atoms with van der Waals surface area (Å²) in [6, 6.07) is 5.38. The van der Waals surface area contributed by atoms with E-state index < -0.39 is 10.9 Å². The fourth-order valence-corrected chi connectivity index (χ4v) is 1.78. The maximum atomic E-state index is 11.6. The lowest BCUT2D eigenvalue weighted by Gasteiger charge is -2.02. The van der Waals surface area contributed by atoms with Crippen molar-refractivity contribution >= 4 is 29.1 Å². The molecule has 2 N–H and O–H groups in total. The van der Waals surface area contributed by atoms with Gasteiger partial charge in [0, 0.05) is 23.9 Å². The second-order valence-electron chi connectivity index (χ2n) is 4.42. The van der Waals surface area contributed by atoms with Crippen molar-refractivity contribution in [1.82, 2.24) is 9.78 Å². The van der Waals surface area contributed by atoms with Crippen molar-refractivity contribution in [3.05, 3.63) is 57.4 Å². The zero-order valence-corrected chi connectivity index (χ0v) is 12.5. The summed E-state index contributed by atoms with van der Waals surface area (Å²) in [6.45, 7) is 0.290. The molecule has 10 heteroatoms. The summed E-state index contributed by atoms with van der Waals surface area (Å²) in [4.78, 5) is 26.3. The van der Waals surface area contributed by atoms with Crippen LogP contribution in [0, 0.1) is 10.1 Å². The van der Waals surface area contributed by atoms with Gasteiger partial charge in [0.05, 0.1) is 29.1 Å².